The van der Waals surface area contributed by atoms with Crippen LogP contribution in [0.15, 0.2) is 12.3 Å². The second-order valence-electron chi connectivity index (χ2n) is 4.86. The number of amides is 1. The minimum Gasteiger partial charge on any atom is -0.467 e. The molecule has 1 rings (SSSR count). The van der Waals surface area contributed by atoms with Crippen molar-refractivity contribution in [3.63, 3.8) is 0 Å². The molecule has 0 fully saturated rings. The van der Waals surface area contributed by atoms with Crippen molar-refractivity contribution in [2.45, 2.75) is 45.7 Å². The van der Waals surface area contributed by atoms with Crippen molar-refractivity contribution < 1.29 is 14.3 Å². The fourth-order valence-electron chi connectivity index (χ4n) is 2.18. The Balaban J connectivity index is 2.99. The van der Waals surface area contributed by atoms with E-state index in [1.165, 1.54) is 7.11 Å². The van der Waals surface area contributed by atoms with Gasteiger partial charge in [-0.3, -0.25) is 4.79 Å². The number of esters is 1. The van der Waals surface area contributed by atoms with E-state index in [0.29, 0.717) is 23.7 Å². The molecular weight excluding hydrogens is 280 g/mol. The summed E-state index contributed by atoms with van der Waals surface area (Å²) in [4.78, 5) is 24.2. The van der Waals surface area contributed by atoms with E-state index in [-0.39, 0.29) is 5.91 Å². The zero-order valence-electron chi connectivity index (χ0n) is 12.3. The zero-order valence-corrected chi connectivity index (χ0v) is 13.1. The van der Waals surface area contributed by atoms with Gasteiger partial charge in [-0.2, -0.15) is 0 Å². The van der Waals surface area contributed by atoms with E-state index in [1.54, 1.807) is 23.8 Å². The van der Waals surface area contributed by atoms with Crippen molar-refractivity contribution in [1.29, 1.82) is 0 Å². The Morgan fingerprint density at radius 2 is 2.10 bits per heavy atom. The first-order valence-electron chi connectivity index (χ1n) is 6.64. The van der Waals surface area contributed by atoms with Gasteiger partial charge in [0, 0.05) is 12.7 Å². The maximum absolute atomic E-state index is 12.4. The molecule has 0 saturated carbocycles. The van der Waals surface area contributed by atoms with Crippen molar-refractivity contribution in [1.82, 2.24) is 9.88 Å². The average Bonchev–Trinajstić information content (AvgIpc) is 2.79. The smallest absolute Gasteiger partial charge is 0.331 e. The van der Waals surface area contributed by atoms with Crippen LogP contribution in [-0.4, -0.2) is 29.1 Å². The largest absolute Gasteiger partial charge is 0.467 e. The van der Waals surface area contributed by atoms with E-state index < -0.39 is 11.5 Å². The number of hydrogen-bond donors (Lipinski definition) is 1. The van der Waals surface area contributed by atoms with Crippen molar-refractivity contribution in [3.8, 4) is 0 Å². The standard InChI is InChI=1S/C14H21ClN2O3/c1-5-7-14(3,13(19)20-4)16-12(18)11-8-10(15)9-17(11)6-2/h8-9H,5-7H2,1-4H3,(H,16,18). The molecule has 0 aliphatic rings. The number of carbonyl (C=O) groups is 2. The van der Waals surface area contributed by atoms with Crippen LogP contribution >= 0.6 is 11.6 Å². The molecule has 112 valence electrons. The van der Waals surface area contributed by atoms with Crippen LogP contribution in [0.4, 0.5) is 0 Å². The first-order valence-corrected chi connectivity index (χ1v) is 7.02. The molecule has 0 spiro atoms. The van der Waals surface area contributed by atoms with Gasteiger partial charge < -0.3 is 14.6 Å². The van der Waals surface area contributed by atoms with E-state index in [1.807, 2.05) is 13.8 Å². The van der Waals surface area contributed by atoms with E-state index in [0.717, 1.165) is 6.42 Å². The second kappa shape index (κ2) is 6.79. The van der Waals surface area contributed by atoms with Crippen molar-refractivity contribution >= 4 is 23.5 Å². The Morgan fingerprint density at radius 3 is 2.60 bits per heavy atom. The van der Waals surface area contributed by atoms with Gasteiger partial charge in [0.25, 0.3) is 5.91 Å². The van der Waals surface area contributed by atoms with E-state index in [9.17, 15) is 9.59 Å². The van der Waals surface area contributed by atoms with E-state index >= 15 is 0 Å². The van der Waals surface area contributed by atoms with Crippen LogP contribution in [0, 0.1) is 0 Å². The van der Waals surface area contributed by atoms with Gasteiger partial charge in [0.15, 0.2) is 0 Å². The SMILES string of the molecule is CCCC(C)(NC(=O)c1cc(Cl)cn1CC)C(=O)OC. The van der Waals surface area contributed by atoms with Crippen LogP contribution in [0.3, 0.4) is 0 Å². The van der Waals surface area contributed by atoms with Crippen LogP contribution in [0.2, 0.25) is 5.02 Å². The predicted molar refractivity (Wildman–Crippen MR) is 77.9 cm³/mol. The molecule has 1 N–H and O–H groups in total. The van der Waals surface area contributed by atoms with Crippen LogP contribution in [0.25, 0.3) is 0 Å². The lowest BCUT2D eigenvalue weighted by Crippen LogP contribution is -2.53. The molecule has 0 aromatic carbocycles. The molecule has 5 nitrogen and oxygen atoms in total. The molecule has 1 unspecified atom stereocenters. The summed E-state index contributed by atoms with van der Waals surface area (Å²) in [5.41, 5.74) is -0.598. The third kappa shape index (κ3) is 3.54. The van der Waals surface area contributed by atoms with Gasteiger partial charge in [-0.1, -0.05) is 24.9 Å². The summed E-state index contributed by atoms with van der Waals surface area (Å²) in [7, 11) is 1.31. The number of nitrogens with zero attached hydrogens (tertiary/aromatic N) is 1. The highest BCUT2D eigenvalue weighted by Crippen LogP contribution is 2.18. The Labute approximate surface area is 124 Å². The molecule has 1 amide bonds. The lowest BCUT2D eigenvalue weighted by molar-refractivity contribution is -0.147. The summed E-state index contributed by atoms with van der Waals surface area (Å²) in [5.74, 6) is -0.784. The molecule has 1 aromatic rings. The number of aromatic nitrogens is 1. The topological polar surface area (TPSA) is 60.3 Å². The predicted octanol–water partition coefficient (Wildman–Crippen LogP) is 2.62. The van der Waals surface area contributed by atoms with Gasteiger partial charge in [-0.15, -0.1) is 0 Å². The van der Waals surface area contributed by atoms with Crippen molar-refractivity contribution in [2.24, 2.45) is 0 Å². The third-order valence-corrected chi connectivity index (χ3v) is 3.42. The minimum atomic E-state index is -1.03. The number of carbonyl (C=O) groups excluding carboxylic acids is 2. The molecule has 6 heteroatoms. The highest BCUT2D eigenvalue weighted by Gasteiger charge is 2.35. The molecule has 1 heterocycles. The molecule has 0 aliphatic heterocycles. The molecule has 0 bridgehead atoms. The Morgan fingerprint density at radius 1 is 1.45 bits per heavy atom. The first-order chi connectivity index (χ1) is 9.37. The highest BCUT2D eigenvalue weighted by molar-refractivity contribution is 6.31. The Hall–Kier alpha value is -1.49. The summed E-state index contributed by atoms with van der Waals surface area (Å²) in [6, 6.07) is 1.59. The summed E-state index contributed by atoms with van der Waals surface area (Å²) in [6.45, 7) is 6.15. The van der Waals surface area contributed by atoms with Crippen molar-refractivity contribution in [2.75, 3.05) is 7.11 Å². The molecule has 1 atom stereocenters. The van der Waals surface area contributed by atoms with Crippen LogP contribution in [0.5, 0.6) is 0 Å². The number of nitrogens with one attached hydrogen (secondary N) is 1. The quantitative estimate of drug-likeness (QED) is 0.822. The molecular formula is C14H21ClN2O3. The maximum Gasteiger partial charge on any atom is 0.331 e. The van der Waals surface area contributed by atoms with Crippen LogP contribution in [-0.2, 0) is 16.1 Å². The molecule has 1 aromatic heterocycles. The summed E-state index contributed by atoms with van der Waals surface area (Å²) in [5, 5.41) is 3.25. The summed E-state index contributed by atoms with van der Waals surface area (Å²) >= 11 is 5.92. The first kappa shape index (κ1) is 16.6. The van der Waals surface area contributed by atoms with Gasteiger partial charge in [0.05, 0.1) is 12.1 Å². The summed E-state index contributed by atoms with van der Waals surface area (Å²) < 4.78 is 6.52. The normalized spacial score (nSPS) is 13.7. The second-order valence-corrected chi connectivity index (χ2v) is 5.29. The number of methoxy groups -OCH3 is 1. The van der Waals surface area contributed by atoms with Crippen LogP contribution < -0.4 is 5.32 Å². The van der Waals surface area contributed by atoms with Gasteiger partial charge >= 0.3 is 5.97 Å². The van der Waals surface area contributed by atoms with Gasteiger partial charge in [-0.25, -0.2) is 4.79 Å². The Bertz CT molecular complexity index is 499. The van der Waals surface area contributed by atoms with Crippen molar-refractivity contribution in [3.05, 3.63) is 23.0 Å². The van der Waals surface area contributed by atoms with Gasteiger partial charge in [0.1, 0.15) is 11.2 Å². The molecule has 20 heavy (non-hydrogen) atoms. The fourth-order valence-corrected chi connectivity index (χ4v) is 2.40. The average molecular weight is 301 g/mol. The fraction of sp³-hybridized carbons (Fsp3) is 0.571. The van der Waals surface area contributed by atoms with E-state index in [2.05, 4.69) is 5.32 Å². The van der Waals surface area contributed by atoms with Gasteiger partial charge in [0.2, 0.25) is 0 Å². The Kier molecular flexibility index (Phi) is 5.62. The number of rotatable bonds is 6. The monoisotopic (exact) mass is 300 g/mol. The molecule has 0 radical (unpaired) electrons. The van der Waals surface area contributed by atoms with Gasteiger partial charge in [-0.05, 0) is 26.3 Å². The number of ether oxygens (including phenoxy) is 1. The number of halogens is 1. The lowest BCUT2D eigenvalue weighted by Gasteiger charge is -2.27. The lowest BCUT2D eigenvalue weighted by atomic mass is 9.96. The highest BCUT2D eigenvalue weighted by atomic mass is 35.5. The van der Waals surface area contributed by atoms with E-state index in [4.69, 9.17) is 16.3 Å². The molecule has 0 aliphatic carbocycles. The third-order valence-electron chi connectivity index (χ3n) is 3.21. The summed E-state index contributed by atoms with van der Waals surface area (Å²) in [6.07, 6.45) is 2.94. The number of aryl methyl sites for hydroxylation is 1. The number of hydrogen-bond acceptors (Lipinski definition) is 3. The van der Waals surface area contributed by atoms with Crippen LogP contribution in [0.1, 0.15) is 44.1 Å². The minimum absolute atomic E-state index is 0.333. The molecule has 0 saturated heterocycles. The maximum atomic E-state index is 12.4. The zero-order chi connectivity index (χ0) is 15.3.